The second-order valence-electron chi connectivity index (χ2n) is 11.8. The van der Waals surface area contributed by atoms with Crippen LogP contribution in [0.25, 0.3) is 22.4 Å². The van der Waals surface area contributed by atoms with Crippen molar-refractivity contribution in [2.75, 3.05) is 32.1 Å². The van der Waals surface area contributed by atoms with Crippen LogP contribution in [0.15, 0.2) is 47.2 Å². The van der Waals surface area contributed by atoms with Crippen molar-refractivity contribution in [3.63, 3.8) is 0 Å². The summed E-state index contributed by atoms with van der Waals surface area (Å²) in [5.74, 6) is -0.358. The Labute approximate surface area is 257 Å². The lowest BCUT2D eigenvalue weighted by atomic mass is 10.0. The fraction of sp³-hybridized carbons (Fsp3) is 0.516. The molecule has 1 aromatic carbocycles. The molecule has 1 saturated heterocycles. The Balaban J connectivity index is 1.19. The number of carbonyl (C=O) groups excluding carboxylic acids is 1. The lowest BCUT2D eigenvalue weighted by molar-refractivity contribution is -0.139. The molecule has 2 fully saturated rings. The zero-order valence-corrected chi connectivity index (χ0v) is 25.2. The van der Waals surface area contributed by atoms with E-state index in [0.717, 1.165) is 23.8 Å². The predicted molar refractivity (Wildman–Crippen MR) is 160 cm³/mol. The van der Waals surface area contributed by atoms with Gasteiger partial charge in [0.15, 0.2) is 0 Å². The molecule has 1 saturated carbocycles. The molecule has 6 rings (SSSR count). The topological polar surface area (TPSA) is 102 Å². The zero-order valence-electron chi connectivity index (χ0n) is 25.2. The van der Waals surface area contributed by atoms with Gasteiger partial charge in [0.25, 0.3) is 5.91 Å². The van der Waals surface area contributed by atoms with Gasteiger partial charge in [-0.05, 0) is 63.9 Å². The molecule has 0 radical (unpaired) electrons. The van der Waals surface area contributed by atoms with E-state index in [1.54, 1.807) is 36.5 Å². The van der Waals surface area contributed by atoms with Gasteiger partial charge < -0.3 is 33.9 Å². The maximum atomic E-state index is 14.8. The van der Waals surface area contributed by atoms with Crippen LogP contribution in [0, 0.1) is 0 Å². The van der Waals surface area contributed by atoms with E-state index >= 15 is 0 Å². The van der Waals surface area contributed by atoms with E-state index in [0.29, 0.717) is 41.7 Å². The van der Waals surface area contributed by atoms with Gasteiger partial charge in [0, 0.05) is 43.2 Å². The summed E-state index contributed by atoms with van der Waals surface area (Å²) in [7, 11) is 1.85. The lowest BCUT2D eigenvalue weighted by Gasteiger charge is -2.33. The number of rotatable bonds is 10. The van der Waals surface area contributed by atoms with Crippen LogP contribution < -0.4 is 10.6 Å². The molecule has 2 aliphatic rings. The third kappa shape index (κ3) is 6.86. The molecule has 0 spiro atoms. The van der Waals surface area contributed by atoms with Crippen molar-refractivity contribution in [2.24, 2.45) is 0 Å². The minimum absolute atomic E-state index is 0.0405. The smallest absolute Gasteiger partial charge is 0.379 e. The van der Waals surface area contributed by atoms with E-state index in [2.05, 4.69) is 20.8 Å². The number of amides is 1. The lowest BCUT2D eigenvalue weighted by Crippen LogP contribution is -2.46. The number of carbonyl (C=O) groups is 1. The third-order valence-electron chi connectivity index (χ3n) is 8.62. The number of hydrogen-bond donors (Lipinski definition) is 2. The number of alkyl halides is 4. The molecule has 0 bridgehead atoms. The number of ether oxygens (including phenoxy) is 1. The minimum atomic E-state index is -4.53. The number of likely N-dealkylation sites (tertiary alicyclic amines) is 1. The Bertz CT molecular complexity index is 1630. The highest BCUT2D eigenvalue weighted by molar-refractivity contribution is 5.96. The first-order valence-corrected chi connectivity index (χ1v) is 15.3. The summed E-state index contributed by atoms with van der Waals surface area (Å²) in [4.78, 5) is 19.1. The fourth-order valence-electron chi connectivity index (χ4n) is 6.46. The van der Waals surface area contributed by atoms with Crippen LogP contribution in [0.3, 0.4) is 0 Å². The number of hydrogen-bond acceptors (Lipinski definition) is 7. The van der Waals surface area contributed by atoms with Crippen LogP contribution in [0.2, 0.25) is 0 Å². The largest absolute Gasteiger partial charge is 0.406 e. The molecular formula is C31H37F4N7O3. The summed E-state index contributed by atoms with van der Waals surface area (Å²) in [5.41, 5.74) is 1.38. The first-order valence-electron chi connectivity index (χ1n) is 15.3. The number of benzene rings is 1. The molecule has 4 heterocycles. The van der Waals surface area contributed by atoms with Gasteiger partial charge in [0.1, 0.15) is 12.7 Å². The summed E-state index contributed by atoms with van der Waals surface area (Å²) in [5, 5.41) is 10.4. The molecule has 10 nitrogen and oxygen atoms in total. The van der Waals surface area contributed by atoms with E-state index in [1.807, 2.05) is 29.6 Å². The van der Waals surface area contributed by atoms with Crippen molar-refractivity contribution in [1.82, 2.24) is 29.5 Å². The fourth-order valence-corrected chi connectivity index (χ4v) is 6.46. The molecule has 1 aliphatic heterocycles. The average molecular weight is 632 g/mol. The average Bonchev–Trinajstić information content (AvgIpc) is 3.80. The number of aromatic nitrogens is 4. The van der Waals surface area contributed by atoms with E-state index in [-0.39, 0.29) is 48.6 Å². The van der Waals surface area contributed by atoms with Crippen molar-refractivity contribution in [3.8, 4) is 11.5 Å². The second kappa shape index (κ2) is 12.8. The van der Waals surface area contributed by atoms with E-state index in [9.17, 15) is 22.4 Å². The van der Waals surface area contributed by atoms with E-state index in [4.69, 9.17) is 9.26 Å². The van der Waals surface area contributed by atoms with Gasteiger partial charge in [0.05, 0.1) is 41.5 Å². The third-order valence-corrected chi connectivity index (χ3v) is 8.62. The highest BCUT2D eigenvalue weighted by atomic mass is 19.4. The molecule has 4 atom stereocenters. The molecule has 4 aromatic rings. The van der Waals surface area contributed by atoms with Crippen molar-refractivity contribution in [2.45, 2.75) is 76.2 Å². The zero-order chi connectivity index (χ0) is 31.7. The van der Waals surface area contributed by atoms with Crippen LogP contribution in [-0.4, -0.2) is 81.3 Å². The first kappa shape index (κ1) is 31.1. The van der Waals surface area contributed by atoms with Gasteiger partial charge in [0.2, 0.25) is 11.7 Å². The molecule has 45 heavy (non-hydrogen) atoms. The van der Waals surface area contributed by atoms with Gasteiger partial charge in [-0.1, -0.05) is 11.2 Å². The highest BCUT2D eigenvalue weighted by Crippen LogP contribution is 2.35. The predicted octanol–water partition coefficient (Wildman–Crippen LogP) is 5.57. The quantitative estimate of drug-likeness (QED) is 0.221. The Kier molecular flexibility index (Phi) is 8.87. The van der Waals surface area contributed by atoms with E-state index in [1.165, 1.54) is 0 Å². The second-order valence-corrected chi connectivity index (χ2v) is 11.8. The van der Waals surface area contributed by atoms with Gasteiger partial charge >= 0.3 is 6.18 Å². The van der Waals surface area contributed by atoms with Crippen molar-refractivity contribution >= 4 is 22.5 Å². The molecule has 1 aliphatic carbocycles. The maximum Gasteiger partial charge on any atom is 0.406 e. The van der Waals surface area contributed by atoms with Gasteiger partial charge in [-0.2, -0.15) is 18.2 Å². The Morgan fingerprint density at radius 1 is 1.20 bits per heavy atom. The van der Waals surface area contributed by atoms with Crippen molar-refractivity contribution in [1.29, 1.82) is 0 Å². The summed E-state index contributed by atoms with van der Waals surface area (Å²) < 4.78 is 70.2. The summed E-state index contributed by atoms with van der Waals surface area (Å²) in [6, 6.07) is 7.93. The van der Waals surface area contributed by atoms with Gasteiger partial charge in [-0.25, -0.2) is 4.39 Å². The number of halogens is 4. The van der Waals surface area contributed by atoms with Crippen LogP contribution in [-0.2, 0) is 17.8 Å². The molecule has 2 N–H and O–H groups in total. The van der Waals surface area contributed by atoms with Crippen molar-refractivity contribution in [3.05, 3.63) is 54.2 Å². The molecule has 242 valence electrons. The number of nitrogens with zero attached hydrogens (tertiary/aromatic N) is 5. The highest BCUT2D eigenvalue weighted by Gasteiger charge is 2.33. The normalized spacial score (nSPS) is 22.7. The monoisotopic (exact) mass is 631 g/mol. The summed E-state index contributed by atoms with van der Waals surface area (Å²) in [6.45, 7) is 2.19. The van der Waals surface area contributed by atoms with Crippen LogP contribution >= 0.6 is 0 Å². The number of nitrogens with one attached hydrogen (secondary N) is 2. The van der Waals surface area contributed by atoms with Crippen LogP contribution in [0.4, 0.5) is 23.2 Å². The molecule has 14 heteroatoms. The maximum absolute atomic E-state index is 14.8. The molecule has 3 aromatic heterocycles. The Morgan fingerprint density at radius 3 is 2.82 bits per heavy atom. The minimum Gasteiger partial charge on any atom is -0.379 e. The summed E-state index contributed by atoms with van der Waals surface area (Å²) in [6.07, 6.45) is 1.69. The Hall–Kier alpha value is -3.91. The number of piperidine rings is 1. The van der Waals surface area contributed by atoms with E-state index < -0.39 is 24.9 Å². The van der Waals surface area contributed by atoms with Crippen LogP contribution in [0.5, 0.6) is 0 Å². The molecule has 0 unspecified atom stereocenters. The standard InChI is InChI=1S/C31H37F4N7O3/c1-3-44-27-9-5-8-25(27)41-13-10-19(16-41)30(43)36-15-28-38-29(39-45-28)26-14-20-22(37-23-11-12-40(2)17-21(23)32)6-4-7-24(20)42(26)18-31(33,34)35/h4,6-7,10,13-14,16,21,23,25,27,37H,3,5,8-9,11-12,15,17-18H2,1-2H3,(H,36,43)/t21-,23+,25-,27-/m0/s1. The first-order chi connectivity index (χ1) is 21.6. The molecule has 1 amide bonds. The van der Waals surface area contributed by atoms with Gasteiger partial charge in [-0.15, -0.1) is 0 Å². The number of anilines is 1. The SMILES string of the molecule is CCO[C@H]1CCC[C@@H]1n1ccc(C(=O)NCc2nc(-c3cc4c(N[C@@H]5CCN(C)C[C@@H]5F)cccc4n3CC(F)(F)F)no2)c1. The van der Waals surface area contributed by atoms with Gasteiger partial charge in [-0.3, -0.25) is 4.79 Å². The summed E-state index contributed by atoms with van der Waals surface area (Å²) >= 11 is 0. The Morgan fingerprint density at radius 2 is 2.04 bits per heavy atom. The molecular weight excluding hydrogens is 594 g/mol. The number of fused-ring (bicyclic) bond motifs is 1. The van der Waals surface area contributed by atoms with Crippen molar-refractivity contribution < 1.29 is 31.6 Å². The van der Waals surface area contributed by atoms with Crippen LogP contribution in [0.1, 0.15) is 54.9 Å².